The van der Waals surface area contributed by atoms with Gasteiger partial charge in [-0.3, -0.25) is 14.8 Å². The van der Waals surface area contributed by atoms with E-state index in [1.165, 1.54) is 12.1 Å². The number of sulfonamides is 1. The summed E-state index contributed by atoms with van der Waals surface area (Å²) >= 11 is 0. The van der Waals surface area contributed by atoms with E-state index in [0.29, 0.717) is 24.0 Å². The Morgan fingerprint density at radius 3 is 2.42 bits per heavy atom. The highest BCUT2D eigenvalue weighted by atomic mass is 32.2. The van der Waals surface area contributed by atoms with Gasteiger partial charge in [0.05, 0.1) is 22.1 Å². The lowest BCUT2D eigenvalue weighted by atomic mass is 10.2. The molecule has 0 spiro atoms. The first-order valence-electron chi connectivity index (χ1n) is 7.28. The molecule has 0 amide bonds. The number of nitrogens with one attached hydrogen (secondary N) is 1. The average molecular weight is 350 g/mol. The van der Waals surface area contributed by atoms with Gasteiger partial charge in [-0.1, -0.05) is 19.9 Å². The zero-order chi connectivity index (χ0) is 17.7. The zero-order valence-electron chi connectivity index (χ0n) is 13.3. The minimum absolute atomic E-state index is 0.0541. The van der Waals surface area contributed by atoms with Crippen LogP contribution in [0.15, 0.2) is 53.4 Å². The molecule has 128 valence electrons. The van der Waals surface area contributed by atoms with E-state index in [1.54, 1.807) is 24.3 Å². The second-order valence-corrected chi connectivity index (χ2v) is 7.27. The highest BCUT2D eigenvalue weighted by Crippen LogP contribution is 2.22. The Kier molecular flexibility index (Phi) is 5.40. The molecule has 0 radical (unpaired) electrons. The largest absolute Gasteiger partial charge is 0.493 e. The number of hydrogen-bond acceptors (Lipinski definition) is 5. The minimum Gasteiger partial charge on any atom is -0.493 e. The average Bonchev–Trinajstić information content (AvgIpc) is 2.53. The molecule has 2 rings (SSSR count). The van der Waals surface area contributed by atoms with Gasteiger partial charge in [0.15, 0.2) is 0 Å². The van der Waals surface area contributed by atoms with Crippen LogP contribution in [0.2, 0.25) is 0 Å². The van der Waals surface area contributed by atoms with Crippen molar-refractivity contribution in [2.24, 2.45) is 5.92 Å². The van der Waals surface area contributed by atoms with Crippen molar-refractivity contribution in [1.29, 1.82) is 0 Å². The van der Waals surface area contributed by atoms with Gasteiger partial charge in [-0.05, 0) is 30.2 Å². The van der Waals surface area contributed by atoms with Crippen LogP contribution >= 0.6 is 0 Å². The molecule has 24 heavy (non-hydrogen) atoms. The van der Waals surface area contributed by atoms with Crippen LogP contribution in [0.1, 0.15) is 13.8 Å². The molecule has 0 bridgehead atoms. The third-order valence-corrected chi connectivity index (χ3v) is 4.42. The van der Waals surface area contributed by atoms with E-state index in [9.17, 15) is 18.5 Å². The SMILES string of the molecule is CC(C)COc1cccc(NS(=O)(=O)c2ccc([N+](=O)[O-])cc2)c1. The lowest BCUT2D eigenvalue weighted by molar-refractivity contribution is -0.384. The van der Waals surface area contributed by atoms with Crippen LogP contribution in [0, 0.1) is 16.0 Å². The predicted octanol–water partition coefficient (Wildman–Crippen LogP) is 3.43. The quantitative estimate of drug-likeness (QED) is 0.609. The van der Waals surface area contributed by atoms with Gasteiger partial charge in [0.1, 0.15) is 5.75 Å². The van der Waals surface area contributed by atoms with E-state index in [0.717, 1.165) is 12.1 Å². The molecule has 0 atom stereocenters. The molecule has 0 aliphatic carbocycles. The van der Waals surface area contributed by atoms with Crippen molar-refractivity contribution >= 4 is 21.4 Å². The Morgan fingerprint density at radius 1 is 1.17 bits per heavy atom. The maximum absolute atomic E-state index is 12.3. The first kappa shape index (κ1) is 17.7. The third kappa shape index (κ3) is 4.69. The predicted molar refractivity (Wildman–Crippen MR) is 90.7 cm³/mol. The highest BCUT2D eigenvalue weighted by molar-refractivity contribution is 7.92. The van der Waals surface area contributed by atoms with Crippen molar-refractivity contribution in [3.8, 4) is 5.75 Å². The maximum atomic E-state index is 12.3. The normalized spacial score (nSPS) is 11.3. The van der Waals surface area contributed by atoms with E-state index < -0.39 is 14.9 Å². The number of nitrogens with zero attached hydrogens (tertiary/aromatic N) is 1. The molecular weight excluding hydrogens is 332 g/mol. The topological polar surface area (TPSA) is 98.5 Å². The van der Waals surface area contributed by atoms with Crippen LogP contribution in [0.5, 0.6) is 5.75 Å². The number of anilines is 1. The summed E-state index contributed by atoms with van der Waals surface area (Å²) in [6.07, 6.45) is 0. The van der Waals surface area contributed by atoms with Gasteiger partial charge in [0.2, 0.25) is 0 Å². The van der Waals surface area contributed by atoms with E-state index in [4.69, 9.17) is 4.74 Å². The summed E-state index contributed by atoms with van der Waals surface area (Å²) in [5, 5.41) is 10.6. The molecule has 8 heteroatoms. The number of ether oxygens (including phenoxy) is 1. The minimum atomic E-state index is -3.83. The third-order valence-electron chi connectivity index (χ3n) is 3.03. The fourth-order valence-corrected chi connectivity index (χ4v) is 2.92. The Bertz CT molecular complexity index is 817. The molecule has 2 aromatic rings. The van der Waals surface area contributed by atoms with Crippen LogP contribution in [0.4, 0.5) is 11.4 Å². The van der Waals surface area contributed by atoms with Crippen molar-refractivity contribution in [1.82, 2.24) is 0 Å². The first-order valence-corrected chi connectivity index (χ1v) is 8.76. The second kappa shape index (κ2) is 7.31. The number of hydrogen-bond donors (Lipinski definition) is 1. The van der Waals surface area contributed by atoms with Crippen LogP contribution in [-0.2, 0) is 10.0 Å². The summed E-state index contributed by atoms with van der Waals surface area (Å²) in [6.45, 7) is 4.56. The van der Waals surface area contributed by atoms with Crippen molar-refractivity contribution in [3.05, 3.63) is 58.6 Å². The molecule has 0 saturated heterocycles. The van der Waals surface area contributed by atoms with Crippen molar-refractivity contribution in [3.63, 3.8) is 0 Å². The smallest absolute Gasteiger partial charge is 0.269 e. The van der Waals surface area contributed by atoms with E-state index in [1.807, 2.05) is 13.8 Å². The summed E-state index contributed by atoms with van der Waals surface area (Å²) < 4.78 is 32.7. The van der Waals surface area contributed by atoms with Gasteiger partial charge in [-0.25, -0.2) is 8.42 Å². The summed E-state index contributed by atoms with van der Waals surface area (Å²) in [4.78, 5) is 9.99. The molecule has 0 aliphatic heterocycles. The Balaban J connectivity index is 2.16. The van der Waals surface area contributed by atoms with Crippen molar-refractivity contribution in [2.45, 2.75) is 18.7 Å². The standard InChI is InChI=1S/C16H18N2O5S/c1-12(2)11-23-15-5-3-4-13(10-15)17-24(21,22)16-8-6-14(7-9-16)18(19)20/h3-10,12,17H,11H2,1-2H3. The summed E-state index contributed by atoms with van der Waals surface area (Å²) in [5.74, 6) is 0.915. The molecular formula is C16H18N2O5S. The van der Waals surface area contributed by atoms with Gasteiger partial charge in [0, 0.05) is 18.2 Å². The van der Waals surface area contributed by atoms with Crippen LogP contribution < -0.4 is 9.46 Å². The van der Waals surface area contributed by atoms with Gasteiger partial charge in [0.25, 0.3) is 15.7 Å². The number of benzene rings is 2. The monoisotopic (exact) mass is 350 g/mol. The lowest BCUT2D eigenvalue weighted by Gasteiger charge is -2.11. The summed E-state index contributed by atoms with van der Waals surface area (Å²) in [6, 6.07) is 11.3. The number of rotatable bonds is 7. The number of nitro groups is 1. The van der Waals surface area contributed by atoms with Gasteiger partial charge >= 0.3 is 0 Å². The molecule has 0 aromatic heterocycles. The fraction of sp³-hybridized carbons (Fsp3) is 0.250. The molecule has 2 aromatic carbocycles. The van der Waals surface area contributed by atoms with Crippen LogP contribution in [-0.4, -0.2) is 19.9 Å². The maximum Gasteiger partial charge on any atom is 0.269 e. The first-order chi connectivity index (χ1) is 11.3. The number of nitro benzene ring substituents is 1. The van der Waals surface area contributed by atoms with E-state index >= 15 is 0 Å². The Labute approximate surface area is 140 Å². The van der Waals surface area contributed by atoms with Crippen LogP contribution in [0.3, 0.4) is 0 Å². The molecule has 7 nitrogen and oxygen atoms in total. The Morgan fingerprint density at radius 2 is 1.83 bits per heavy atom. The zero-order valence-corrected chi connectivity index (χ0v) is 14.1. The molecule has 0 heterocycles. The molecule has 0 fully saturated rings. The van der Waals surface area contributed by atoms with Crippen LogP contribution in [0.25, 0.3) is 0 Å². The van der Waals surface area contributed by atoms with Crippen molar-refractivity contribution < 1.29 is 18.1 Å². The lowest BCUT2D eigenvalue weighted by Crippen LogP contribution is -2.13. The summed E-state index contributed by atoms with van der Waals surface area (Å²) in [5.41, 5.74) is 0.188. The van der Waals surface area contributed by atoms with Crippen molar-refractivity contribution in [2.75, 3.05) is 11.3 Å². The summed E-state index contributed by atoms with van der Waals surface area (Å²) in [7, 11) is -3.83. The van der Waals surface area contributed by atoms with E-state index in [-0.39, 0.29) is 10.6 Å². The molecule has 0 unspecified atom stereocenters. The van der Waals surface area contributed by atoms with E-state index in [2.05, 4.69) is 4.72 Å². The fourth-order valence-electron chi connectivity index (χ4n) is 1.87. The molecule has 0 aliphatic rings. The van der Waals surface area contributed by atoms with Gasteiger partial charge in [-0.15, -0.1) is 0 Å². The van der Waals surface area contributed by atoms with Gasteiger partial charge in [-0.2, -0.15) is 0 Å². The molecule has 1 N–H and O–H groups in total. The highest BCUT2D eigenvalue weighted by Gasteiger charge is 2.16. The van der Waals surface area contributed by atoms with Gasteiger partial charge < -0.3 is 4.74 Å². The Hall–Kier alpha value is -2.61. The molecule has 0 saturated carbocycles. The number of non-ortho nitro benzene ring substituents is 1. The second-order valence-electron chi connectivity index (χ2n) is 5.59.